The van der Waals surface area contributed by atoms with Gasteiger partial charge in [-0.05, 0) is 13.0 Å². The van der Waals surface area contributed by atoms with Gasteiger partial charge in [-0.15, -0.1) is 0 Å². The van der Waals surface area contributed by atoms with Gasteiger partial charge < -0.3 is 10.7 Å². The average Bonchev–Trinajstić information content (AvgIpc) is 2.63. The van der Waals surface area contributed by atoms with Gasteiger partial charge in [-0.25, -0.2) is 4.98 Å². The van der Waals surface area contributed by atoms with Crippen LogP contribution in [0.2, 0.25) is 0 Å². The minimum absolute atomic E-state index is 0.592. The van der Waals surface area contributed by atoms with Gasteiger partial charge in [-0.2, -0.15) is 0 Å². The number of hydrogen-bond acceptors (Lipinski definition) is 2. The first-order valence-corrected chi connectivity index (χ1v) is 4.89. The minimum Gasteiger partial charge on any atom is -0.383 e. The van der Waals surface area contributed by atoms with Gasteiger partial charge in [0, 0.05) is 28.0 Å². The van der Waals surface area contributed by atoms with Gasteiger partial charge in [0.15, 0.2) is 0 Å². The summed E-state index contributed by atoms with van der Waals surface area (Å²) >= 11 is 0. The van der Waals surface area contributed by atoms with Crippen molar-refractivity contribution in [3.05, 3.63) is 36.0 Å². The number of nitrogens with zero attached hydrogens (tertiary/aromatic N) is 1. The van der Waals surface area contributed by atoms with E-state index in [2.05, 4.69) is 22.1 Å². The van der Waals surface area contributed by atoms with E-state index in [1.807, 2.05) is 25.3 Å². The van der Waals surface area contributed by atoms with Crippen LogP contribution in [0.3, 0.4) is 0 Å². The number of nitrogens with one attached hydrogen (secondary N) is 1. The lowest BCUT2D eigenvalue weighted by atomic mass is 10.1. The molecule has 3 heteroatoms. The van der Waals surface area contributed by atoms with Crippen molar-refractivity contribution >= 4 is 27.6 Å². The first kappa shape index (κ1) is 8.29. The molecule has 0 atom stereocenters. The topological polar surface area (TPSA) is 54.7 Å². The molecule has 1 aromatic carbocycles. The van der Waals surface area contributed by atoms with Gasteiger partial charge in [-0.1, -0.05) is 18.2 Å². The zero-order valence-corrected chi connectivity index (χ0v) is 8.41. The Morgan fingerprint density at radius 3 is 2.87 bits per heavy atom. The van der Waals surface area contributed by atoms with Crippen LogP contribution in [-0.4, -0.2) is 9.97 Å². The third-order valence-corrected chi connectivity index (χ3v) is 2.84. The van der Waals surface area contributed by atoms with Gasteiger partial charge >= 0.3 is 0 Å². The molecule has 0 bridgehead atoms. The summed E-state index contributed by atoms with van der Waals surface area (Å²) in [6.45, 7) is 1.99. The van der Waals surface area contributed by atoms with Crippen LogP contribution < -0.4 is 5.73 Å². The number of aryl methyl sites for hydroxylation is 1. The molecule has 3 N–H and O–H groups in total. The third kappa shape index (κ3) is 1.03. The maximum atomic E-state index is 5.78. The van der Waals surface area contributed by atoms with Crippen molar-refractivity contribution in [2.45, 2.75) is 6.92 Å². The number of hydrogen-bond donors (Lipinski definition) is 2. The smallest absolute Gasteiger partial charge is 0.128 e. The first-order chi connectivity index (χ1) is 7.27. The molecule has 3 aromatic rings. The molecule has 0 unspecified atom stereocenters. The fourth-order valence-electron chi connectivity index (χ4n) is 1.95. The SMILES string of the molecule is Cc1c(N)ncc2c1[nH]c1ccccc12. The van der Waals surface area contributed by atoms with E-state index >= 15 is 0 Å². The maximum absolute atomic E-state index is 5.78. The van der Waals surface area contributed by atoms with Crippen molar-refractivity contribution in [3.8, 4) is 0 Å². The van der Waals surface area contributed by atoms with E-state index in [0.29, 0.717) is 5.82 Å². The van der Waals surface area contributed by atoms with Gasteiger partial charge in [0.05, 0.1) is 5.52 Å². The molecule has 2 heterocycles. The van der Waals surface area contributed by atoms with Crippen molar-refractivity contribution in [2.75, 3.05) is 5.73 Å². The van der Waals surface area contributed by atoms with E-state index in [9.17, 15) is 0 Å². The number of benzene rings is 1. The van der Waals surface area contributed by atoms with Gasteiger partial charge in [0.2, 0.25) is 0 Å². The summed E-state index contributed by atoms with van der Waals surface area (Å²) < 4.78 is 0. The molecular weight excluding hydrogens is 186 g/mol. The van der Waals surface area contributed by atoms with Crippen LogP contribution in [0.5, 0.6) is 0 Å². The Kier molecular flexibility index (Phi) is 1.51. The molecule has 74 valence electrons. The van der Waals surface area contributed by atoms with Gasteiger partial charge in [-0.3, -0.25) is 0 Å². The van der Waals surface area contributed by atoms with Crippen molar-refractivity contribution < 1.29 is 0 Å². The summed E-state index contributed by atoms with van der Waals surface area (Å²) in [6, 6.07) is 8.20. The Morgan fingerprint density at radius 2 is 2.00 bits per heavy atom. The lowest BCUT2D eigenvalue weighted by Crippen LogP contribution is -1.93. The van der Waals surface area contributed by atoms with Gasteiger partial charge in [0.25, 0.3) is 0 Å². The van der Waals surface area contributed by atoms with Crippen LogP contribution >= 0.6 is 0 Å². The molecule has 0 saturated carbocycles. The molecular formula is C12H11N3. The van der Waals surface area contributed by atoms with Gasteiger partial charge in [0.1, 0.15) is 5.82 Å². The summed E-state index contributed by atoms with van der Waals surface area (Å²) in [5, 5.41) is 2.33. The van der Waals surface area contributed by atoms with Crippen LogP contribution in [0, 0.1) is 6.92 Å². The average molecular weight is 197 g/mol. The number of fused-ring (bicyclic) bond motifs is 3. The van der Waals surface area contributed by atoms with E-state index < -0.39 is 0 Å². The second-order valence-corrected chi connectivity index (χ2v) is 3.73. The summed E-state index contributed by atoms with van der Waals surface area (Å²) in [5.74, 6) is 0.592. The molecule has 0 amide bonds. The quantitative estimate of drug-likeness (QED) is 0.582. The van der Waals surface area contributed by atoms with E-state index in [1.165, 1.54) is 5.39 Å². The zero-order valence-electron chi connectivity index (χ0n) is 8.41. The summed E-state index contributed by atoms with van der Waals surface area (Å²) in [4.78, 5) is 7.55. The first-order valence-electron chi connectivity index (χ1n) is 4.89. The molecule has 0 aliphatic heterocycles. The number of H-pyrrole nitrogens is 1. The molecule has 0 saturated heterocycles. The zero-order chi connectivity index (χ0) is 10.4. The summed E-state index contributed by atoms with van der Waals surface area (Å²) in [7, 11) is 0. The molecule has 0 aliphatic carbocycles. The van der Waals surface area contributed by atoms with Crippen LogP contribution in [0.25, 0.3) is 21.8 Å². The molecule has 15 heavy (non-hydrogen) atoms. The predicted octanol–water partition coefficient (Wildman–Crippen LogP) is 2.61. The Hall–Kier alpha value is -2.03. The number of pyridine rings is 1. The van der Waals surface area contributed by atoms with Crippen molar-refractivity contribution in [1.29, 1.82) is 0 Å². The van der Waals surface area contributed by atoms with Crippen molar-refractivity contribution in [2.24, 2.45) is 0 Å². The number of aromatic amines is 1. The number of nitrogen functional groups attached to an aromatic ring is 1. The number of aromatic nitrogens is 2. The highest BCUT2D eigenvalue weighted by molar-refractivity contribution is 6.08. The Balaban J connectivity index is 2.60. The number of para-hydroxylation sites is 1. The highest BCUT2D eigenvalue weighted by Crippen LogP contribution is 2.28. The predicted molar refractivity (Wildman–Crippen MR) is 62.7 cm³/mol. The third-order valence-electron chi connectivity index (χ3n) is 2.84. The normalized spacial score (nSPS) is 11.3. The molecule has 0 fully saturated rings. The fourth-order valence-corrected chi connectivity index (χ4v) is 1.95. The van der Waals surface area contributed by atoms with E-state index in [-0.39, 0.29) is 0 Å². The minimum atomic E-state index is 0.592. The Bertz CT molecular complexity index is 652. The highest BCUT2D eigenvalue weighted by Gasteiger charge is 2.07. The molecule has 2 aromatic heterocycles. The molecule has 0 radical (unpaired) electrons. The molecule has 0 aliphatic rings. The summed E-state index contributed by atoms with van der Waals surface area (Å²) in [5.41, 5.74) is 9.01. The van der Waals surface area contributed by atoms with Crippen LogP contribution in [-0.2, 0) is 0 Å². The second-order valence-electron chi connectivity index (χ2n) is 3.73. The summed E-state index contributed by atoms with van der Waals surface area (Å²) in [6.07, 6.45) is 1.83. The van der Waals surface area contributed by atoms with E-state index in [0.717, 1.165) is 22.0 Å². The lowest BCUT2D eigenvalue weighted by molar-refractivity contribution is 1.31. The maximum Gasteiger partial charge on any atom is 0.128 e. The van der Waals surface area contributed by atoms with Crippen molar-refractivity contribution in [1.82, 2.24) is 9.97 Å². The number of nitrogens with two attached hydrogens (primary N) is 1. The van der Waals surface area contributed by atoms with E-state index in [1.54, 1.807) is 0 Å². The standard InChI is InChI=1S/C12H11N3/c1-7-11-9(6-14-12(7)13)8-4-2-3-5-10(8)15-11/h2-6,15H,1H3,(H2,13,14). The number of rotatable bonds is 0. The largest absolute Gasteiger partial charge is 0.383 e. The fraction of sp³-hybridized carbons (Fsp3) is 0.0833. The number of anilines is 1. The monoisotopic (exact) mass is 197 g/mol. The Morgan fingerprint density at radius 1 is 1.20 bits per heavy atom. The second kappa shape index (κ2) is 2.73. The lowest BCUT2D eigenvalue weighted by Gasteiger charge is -1.99. The molecule has 3 nitrogen and oxygen atoms in total. The van der Waals surface area contributed by atoms with Crippen LogP contribution in [0.1, 0.15) is 5.56 Å². The van der Waals surface area contributed by atoms with Crippen LogP contribution in [0.15, 0.2) is 30.5 Å². The Labute approximate surface area is 86.9 Å². The van der Waals surface area contributed by atoms with Crippen LogP contribution in [0.4, 0.5) is 5.82 Å². The van der Waals surface area contributed by atoms with E-state index in [4.69, 9.17) is 5.73 Å². The highest BCUT2D eigenvalue weighted by atomic mass is 14.8. The molecule has 3 rings (SSSR count). The molecule has 0 spiro atoms. The van der Waals surface area contributed by atoms with Crippen molar-refractivity contribution in [3.63, 3.8) is 0 Å².